The van der Waals surface area contributed by atoms with Crippen LogP contribution in [0.15, 0.2) is 42.5 Å². The SMILES string of the molecule is COC(=O)CC[C@H]1Cn2c3c(cccc3c3c4c(c5c6ccccc6[nH]c5c32)C(=O)NC4=O)CN1. The van der Waals surface area contributed by atoms with Crippen molar-refractivity contribution in [3.63, 3.8) is 0 Å². The van der Waals surface area contributed by atoms with Gasteiger partial charge in [0.15, 0.2) is 0 Å². The van der Waals surface area contributed by atoms with Gasteiger partial charge in [-0.25, -0.2) is 0 Å². The number of rotatable bonds is 3. The van der Waals surface area contributed by atoms with Gasteiger partial charge in [0.25, 0.3) is 11.8 Å². The number of carbonyl (C=O) groups excluding carboxylic acids is 3. The normalized spacial score (nSPS) is 17.3. The molecule has 1 atom stereocenters. The third-order valence-electron chi connectivity index (χ3n) is 7.45. The third-order valence-corrected chi connectivity index (χ3v) is 7.45. The number of methoxy groups -OCH3 is 1. The maximum Gasteiger partial charge on any atom is 0.305 e. The number of amides is 2. The van der Waals surface area contributed by atoms with Crippen molar-refractivity contribution in [3.05, 3.63) is 59.2 Å². The highest BCUT2D eigenvalue weighted by atomic mass is 16.5. The molecule has 0 spiro atoms. The Morgan fingerprint density at radius 3 is 2.60 bits per heavy atom. The summed E-state index contributed by atoms with van der Waals surface area (Å²) in [5.74, 6) is -0.949. The molecule has 5 aromatic rings. The second kappa shape index (κ2) is 7.16. The van der Waals surface area contributed by atoms with Gasteiger partial charge >= 0.3 is 5.97 Å². The van der Waals surface area contributed by atoms with Crippen LogP contribution in [0.3, 0.4) is 0 Å². The van der Waals surface area contributed by atoms with Crippen LogP contribution in [0, 0.1) is 0 Å². The molecule has 174 valence electrons. The molecule has 2 aromatic heterocycles. The summed E-state index contributed by atoms with van der Waals surface area (Å²) in [5.41, 5.74) is 5.73. The van der Waals surface area contributed by atoms with Crippen molar-refractivity contribution in [3.8, 4) is 0 Å². The van der Waals surface area contributed by atoms with Crippen molar-refractivity contribution in [2.24, 2.45) is 0 Å². The number of ether oxygens (including phenoxy) is 1. The largest absolute Gasteiger partial charge is 0.469 e. The molecule has 0 saturated heterocycles. The van der Waals surface area contributed by atoms with Crippen molar-refractivity contribution in [2.45, 2.75) is 32.0 Å². The minimum Gasteiger partial charge on any atom is -0.469 e. The van der Waals surface area contributed by atoms with E-state index >= 15 is 0 Å². The number of nitrogens with zero attached hydrogens (tertiary/aromatic N) is 1. The zero-order chi connectivity index (χ0) is 23.8. The number of H-pyrrole nitrogens is 1. The van der Waals surface area contributed by atoms with Crippen molar-refractivity contribution in [2.75, 3.05) is 7.11 Å². The zero-order valence-electron chi connectivity index (χ0n) is 19.0. The summed E-state index contributed by atoms with van der Waals surface area (Å²) in [6.45, 7) is 1.26. The molecule has 0 fully saturated rings. The minimum atomic E-state index is -0.358. The number of hydrogen-bond acceptors (Lipinski definition) is 5. The van der Waals surface area contributed by atoms with Gasteiger partial charge in [-0.05, 0) is 18.1 Å². The molecule has 2 amide bonds. The third kappa shape index (κ3) is 2.68. The summed E-state index contributed by atoms with van der Waals surface area (Å²) in [5, 5.41) is 9.57. The number of carbonyl (C=O) groups is 3. The van der Waals surface area contributed by atoms with Gasteiger partial charge in [-0.1, -0.05) is 36.4 Å². The predicted molar refractivity (Wildman–Crippen MR) is 132 cm³/mol. The molecule has 4 heterocycles. The molecular weight excluding hydrogens is 444 g/mol. The lowest BCUT2D eigenvalue weighted by Gasteiger charge is -2.17. The molecule has 2 aliphatic heterocycles. The molecule has 0 unspecified atom stereocenters. The first-order valence-corrected chi connectivity index (χ1v) is 11.7. The van der Waals surface area contributed by atoms with Crippen LogP contribution in [-0.4, -0.2) is 40.5 Å². The molecule has 0 radical (unpaired) electrons. The smallest absolute Gasteiger partial charge is 0.305 e. The number of esters is 1. The van der Waals surface area contributed by atoms with Crippen LogP contribution >= 0.6 is 0 Å². The van der Waals surface area contributed by atoms with E-state index in [1.165, 1.54) is 7.11 Å². The van der Waals surface area contributed by atoms with Crippen LogP contribution in [-0.2, 0) is 22.6 Å². The molecular formula is C27H22N4O4. The standard InChI is InChI=1S/C27H22N4O4/c1-35-18(32)10-9-14-12-31-24-13(11-28-14)5-4-7-16(24)20-22-21(26(33)30-27(22)34)19-15-6-2-3-8-17(15)29-23(19)25(20)31/h2-8,14,28-29H,9-12H2,1H3,(H,30,33,34)/t14-/m0/s1. The van der Waals surface area contributed by atoms with E-state index in [0.29, 0.717) is 37.1 Å². The summed E-state index contributed by atoms with van der Waals surface area (Å²) in [4.78, 5) is 41.6. The van der Waals surface area contributed by atoms with E-state index in [2.05, 4.69) is 26.3 Å². The molecule has 0 aliphatic carbocycles. The number of nitrogens with one attached hydrogen (secondary N) is 3. The Balaban J connectivity index is 1.62. The zero-order valence-corrected chi connectivity index (χ0v) is 19.0. The summed E-state index contributed by atoms with van der Waals surface area (Å²) in [6.07, 6.45) is 0.947. The number of para-hydroxylation sites is 2. The van der Waals surface area contributed by atoms with Gasteiger partial charge in [0.2, 0.25) is 0 Å². The number of imide groups is 1. The van der Waals surface area contributed by atoms with E-state index in [4.69, 9.17) is 4.74 Å². The van der Waals surface area contributed by atoms with Crippen molar-refractivity contribution >= 4 is 61.4 Å². The van der Waals surface area contributed by atoms with Crippen LogP contribution in [0.5, 0.6) is 0 Å². The maximum atomic E-state index is 13.2. The van der Waals surface area contributed by atoms with E-state index < -0.39 is 0 Å². The Morgan fingerprint density at radius 1 is 1.00 bits per heavy atom. The first kappa shape index (κ1) is 20.2. The topological polar surface area (TPSA) is 105 Å². The molecule has 7 rings (SSSR count). The average molecular weight is 466 g/mol. The number of fused-ring (bicyclic) bond motifs is 10. The highest BCUT2D eigenvalue weighted by Gasteiger charge is 2.36. The number of aromatic amines is 1. The van der Waals surface area contributed by atoms with E-state index in [1.807, 2.05) is 36.4 Å². The Hall–Kier alpha value is -4.17. The fraction of sp³-hybridized carbons (Fsp3) is 0.222. The Morgan fingerprint density at radius 2 is 1.77 bits per heavy atom. The summed E-state index contributed by atoms with van der Waals surface area (Å²) < 4.78 is 7.12. The minimum absolute atomic E-state index is 0.0310. The van der Waals surface area contributed by atoms with Crippen LogP contribution in [0.4, 0.5) is 0 Å². The van der Waals surface area contributed by atoms with Gasteiger partial charge < -0.3 is 19.6 Å². The second-order valence-corrected chi connectivity index (χ2v) is 9.29. The van der Waals surface area contributed by atoms with Crippen molar-refractivity contribution in [1.82, 2.24) is 20.2 Å². The monoisotopic (exact) mass is 466 g/mol. The lowest BCUT2D eigenvalue weighted by Crippen LogP contribution is -2.31. The van der Waals surface area contributed by atoms with Crippen LogP contribution in [0.2, 0.25) is 0 Å². The summed E-state index contributed by atoms with van der Waals surface area (Å²) in [7, 11) is 1.40. The average Bonchev–Trinajstić information content (AvgIpc) is 3.44. The fourth-order valence-electron chi connectivity index (χ4n) is 5.96. The van der Waals surface area contributed by atoms with E-state index in [0.717, 1.165) is 49.2 Å². The molecule has 8 nitrogen and oxygen atoms in total. The Labute approximate surface area is 199 Å². The summed E-state index contributed by atoms with van der Waals surface area (Å²) >= 11 is 0. The predicted octanol–water partition coefficient (Wildman–Crippen LogP) is 3.74. The van der Waals surface area contributed by atoms with Gasteiger partial charge in [0, 0.05) is 52.6 Å². The van der Waals surface area contributed by atoms with Crippen molar-refractivity contribution in [1.29, 1.82) is 0 Å². The van der Waals surface area contributed by atoms with E-state index in [9.17, 15) is 14.4 Å². The molecule has 2 aliphatic rings. The molecule has 3 aromatic carbocycles. The quantitative estimate of drug-likeness (QED) is 0.278. The highest BCUT2D eigenvalue weighted by molar-refractivity contribution is 6.39. The Bertz CT molecular complexity index is 1760. The van der Waals surface area contributed by atoms with Gasteiger partial charge in [-0.3, -0.25) is 19.7 Å². The maximum absolute atomic E-state index is 13.2. The van der Waals surface area contributed by atoms with Crippen LogP contribution < -0.4 is 10.6 Å². The first-order valence-electron chi connectivity index (χ1n) is 11.7. The van der Waals surface area contributed by atoms with Gasteiger partial charge in [-0.15, -0.1) is 0 Å². The number of benzene rings is 3. The van der Waals surface area contributed by atoms with Crippen LogP contribution in [0.25, 0.3) is 43.6 Å². The number of aromatic nitrogens is 2. The number of hydrogen-bond donors (Lipinski definition) is 3. The van der Waals surface area contributed by atoms with Crippen molar-refractivity contribution < 1.29 is 19.1 Å². The molecule has 35 heavy (non-hydrogen) atoms. The van der Waals surface area contributed by atoms with Gasteiger partial charge in [0.05, 0.1) is 34.8 Å². The molecule has 3 N–H and O–H groups in total. The first-order chi connectivity index (χ1) is 17.1. The van der Waals surface area contributed by atoms with Crippen LogP contribution in [0.1, 0.15) is 39.1 Å². The lowest BCUT2D eigenvalue weighted by molar-refractivity contribution is -0.140. The van der Waals surface area contributed by atoms with E-state index in [1.54, 1.807) is 0 Å². The fourth-order valence-corrected chi connectivity index (χ4v) is 5.96. The van der Waals surface area contributed by atoms with E-state index in [-0.39, 0.29) is 23.8 Å². The molecule has 0 bridgehead atoms. The lowest BCUT2D eigenvalue weighted by atomic mass is 9.96. The molecule has 8 heteroatoms. The molecule has 0 saturated carbocycles. The van der Waals surface area contributed by atoms with Gasteiger partial charge in [-0.2, -0.15) is 0 Å². The second-order valence-electron chi connectivity index (χ2n) is 9.29. The highest BCUT2D eigenvalue weighted by Crippen LogP contribution is 2.44. The Kier molecular flexibility index (Phi) is 4.14. The van der Waals surface area contributed by atoms with Gasteiger partial charge in [0.1, 0.15) is 0 Å². The summed E-state index contributed by atoms with van der Waals surface area (Å²) in [6, 6.07) is 14.0.